The fraction of sp³-hybridized carbons (Fsp3) is 0.360. The van der Waals surface area contributed by atoms with Gasteiger partial charge in [0.25, 0.3) is 0 Å². The molecule has 1 unspecified atom stereocenters. The van der Waals surface area contributed by atoms with Crippen LogP contribution in [0.3, 0.4) is 0 Å². The van der Waals surface area contributed by atoms with Gasteiger partial charge in [0.05, 0.1) is 0 Å². The van der Waals surface area contributed by atoms with Crippen molar-refractivity contribution in [2.75, 3.05) is 0 Å². The van der Waals surface area contributed by atoms with E-state index in [1.165, 1.54) is 111 Å². The van der Waals surface area contributed by atoms with E-state index in [2.05, 4.69) is 140 Å². The van der Waals surface area contributed by atoms with E-state index in [4.69, 9.17) is 8.83 Å². The van der Waals surface area contributed by atoms with Crippen molar-refractivity contribution in [1.82, 2.24) is 0 Å². The largest absolute Gasteiger partial charge is 0.456 e. The van der Waals surface area contributed by atoms with Gasteiger partial charge in [-0.05, 0) is 109 Å². The average Bonchev–Trinajstić information content (AvgIpc) is 3.87. The maximum absolute atomic E-state index is 6.74. The molecule has 2 heteroatoms. The van der Waals surface area contributed by atoms with Crippen LogP contribution in [-0.2, 0) is 6.42 Å². The van der Waals surface area contributed by atoms with Gasteiger partial charge in [0.2, 0.25) is 0 Å². The number of furan rings is 2. The van der Waals surface area contributed by atoms with Gasteiger partial charge in [0.1, 0.15) is 22.7 Å². The maximum Gasteiger partial charge on any atom is 0.135 e. The molecule has 52 heavy (non-hydrogen) atoms. The average molecular weight is 687 g/mol. The Bertz CT molecular complexity index is 2320. The highest BCUT2D eigenvalue weighted by Crippen LogP contribution is 2.63. The van der Waals surface area contributed by atoms with Crippen LogP contribution < -0.4 is 10.6 Å². The summed E-state index contributed by atoms with van der Waals surface area (Å²) in [7, 11) is 0. The molecule has 0 spiro atoms. The molecular formula is C50H54O2. The minimum absolute atomic E-state index is 0.155. The van der Waals surface area contributed by atoms with E-state index in [1.807, 2.05) is 0 Å². The lowest BCUT2D eigenvalue weighted by Crippen LogP contribution is -2.33. The standard InChI is InChI=1S/C50H54O2/c1-9-11-13-34(14-12-10-2)25-35-23-32(5)46(33(6)24-35)47-40-28-44-38(26-42(51-44)36-19-15-30(3)16-20-36)48(40)50(7,8)49-39-27-43(52-45(39)29-41(47)49)37-21-17-31(4)18-22-37/h15-24,26-29,34,48H,9-14,25H2,1-8H3. The summed E-state index contributed by atoms with van der Waals surface area (Å²) in [4.78, 5) is 0. The van der Waals surface area contributed by atoms with Crippen molar-refractivity contribution in [2.45, 2.75) is 106 Å². The van der Waals surface area contributed by atoms with Crippen LogP contribution in [0.5, 0.6) is 0 Å². The molecule has 3 aliphatic carbocycles. The van der Waals surface area contributed by atoms with Crippen LogP contribution in [-0.4, -0.2) is 0 Å². The summed E-state index contributed by atoms with van der Waals surface area (Å²) in [5, 5.41) is 1.23. The zero-order valence-corrected chi connectivity index (χ0v) is 32.5. The van der Waals surface area contributed by atoms with E-state index in [9.17, 15) is 0 Å². The number of hydrogen-bond acceptors (Lipinski definition) is 2. The van der Waals surface area contributed by atoms with Gasteiger partial charge in [-0.1, -0.05) is 138 Å². The lowest BCUT2D eigenvalue weighted by Gasteiger charge is -2.42. The number of rotatable bonds is 11. The number of allylic oxidation sites excluding steroid dienone is 3. The quantitative estimate of drug-likeness (QED) is 0.138. The van der Waals surface area contributed by atoms with Crippen LogP contribution in [0, 0.1) is 39.0 Å². The van der Waals surface area contributed by atoms with E-state index in [0.717, 1.165) is 39.7 Å². The zero-order chi connectivity index (χ0) is 36.3. The monoisotopic (exact) mass is 686 g/mol. The summed E-state index contributed by atoms with van der Waals surface area (Å²) in [5.41, 5.74) is 17.8. The third-order valence-corrected chi connectivity index (χ3v) is 12.2. The molecule has 266 valence electrons. The Labute approximate surface area is 310 Å². The van der Waals surface area contributed by atoms with Gasteiger partial charge in [-0.3, -0.25) is 0 Å². The van der Waals surface area contributed by atoms with Gasteiger partial charge in [0.15, 0.2) is 0 Å². The Morgan fingerprint density at radius 2 is 1.27 bits per heavy atom. The molecule has 1 atom stereocenters. The topological polar surface area (TPSA) is 26.3 Å². The van der Waals surface area contributed by atoms with Gasteiger partial charge in [-0.25, -0.2) is 0 Å². The highest BCUT2D eigenvalue weighted by molar-refractivity contribution is 6.07. The fourth-order valence-corrected chi connectivity index (χ4v) is 9.62. The Balaban J connectivity index is 1.30. The van der Waals surface area contributed by atoms with Gasteiger partial charge in [-0.15, -0.1) is 0 Å². The SMILES string of the molecule is CCCCC(CCCC)Cc1cc(C)c(C2=C3C=c4oc(-c5ccc(C)cc5)cc4=C3C(C)(C)C3C2=Cc2oc(-c4ccc(C)cc4)cc23)c(C)c1. The van der Waals surface area contributed by atoms with E-state index in [1.54, 1.807) is 0 Å². The Kier molecular flexibility index (Phi) is 8.93. The van der Waals surface area contributed by atoms with Crippen LogP contribution in [0.15, 0.2) is 92.8 Å². The van der Waals surface area contributed by atoms with Crippen molar-refractivity contribution in [1.29, 1.82) is 0 Å². The van der Waals surface area contributed by atoms with E-state index in [-0.39, 0.29) is 11.3 Å². The molecule has 0 amide bonds. The molecule has 3 aliphatic rings. The van der Waals surface area contributed by atoms with Crippen molar-refractivity contribution >= 4 is 23.3 Å². The second-order valence-corrected chi connectivity index (χ2v) is 16.6. The molecule has 0 bridgehead atoms. The normalized spacial score (nSPS) is 16.9. The number of unbranched alkanes of at least 4 members (excludes halogenated alkanes) is 2. The number of aryl methyl sites for hydroxylation is 4. The molecule has 2 aromatic heterocycles. The molecule has 2 heterocycles. The molecule has 2 nitrogen and oxygen atoms in total. The number of benzene rings is 3. The molecule has 0 saturated heterocycles. The molecule has 0 N–H and O–H groups in total. The van der Waals surface area contributed by atoms with Crippen LogP contribution in [0.25, 0.3) is 45.9 Å². The fourth-order valence-electron chi connectivity index (χ4n) is 9.62. The molecule has 0 fully saturated rings. The predicted octanol–water partition coefficient (Wildman–Crippen LogP) is 12.6. The van der Waals surface area contributed by atoms with Crippen LogP contribution >= 0.6 is 0 Å². The summed E-state index contributed by atoms with van der Waals surface area (Å²) in [6.07, 6.45) is 13.7. The molecule has 3 aromatic carbocycles. The second-order valence-electron chi connectivity index (χ2n) is 16.6. The van der Waals surface area contributed by atoms with Crippen LogP contribution in [0.1, 0.15) is 117 Å². The summed E-state index contributed by atoms with van der Waals surface area (Å²) in [6.45, 7) is 18.4. The lowest BCUT2D eigenvalue weighted by molar-refractivity contribution is 0.417. The molecule has 5 aromatic rings. The Morgan fingerprint density at radius 3 is 1.85 bits per heavy atom. The third-order valence-electron chi connectivity index (χ3n) is 12.2. The Morgan fingerprint density at radius 1 is 0.692 bits per heavy atom. The first-order valence-electron chi connectivity index (χ1n) is 19.8. The van der Waals surface area contributed by atoms with Crippen molar-refractivity contribution in [3.05, 3.63) is 139 Å². The van der Waals surface area contributed by atoms with Crippen molar-refractivity contribution in [3.8, 4) is 22.6 Å². The van der Waals surface area contributed by atoms with E-state index >= 15 is 0 Å². The van der Waals surface area contributed by atoms with Gasteiger partial charge in [-0.2, -0.15) is 0 Å². The van der Waals surface area contributed by atoms with Crippen LogP contribution in [0.2, 0.25) is 0 Å². The summed E-state index contributed by atoms with van der Waals surface area (Å²) in [6, 6.07) is 27.0. The molecule has 0 radical (unpaired) electrons. The molecule has 8 rings (SSSR count). The lowest BCUT2D eigenvalue weighted by atomic mass is 9.60. The summed E-state index contributed by atoms with van der Waals surface area (Å²) < 4.78 is 13.5. The number of hydrogen-bond donors (Lipinski definition) is 0. The Hall–Kier alpha value is -4.56. The minimum Gasteiger partial charge on any atom is -0.456 e. The van der Waals surface area contributed by atoms with E-state index < -0.39 is 0 Å². The van der Waals surface area contributed by atoms with Gasteiger partial charge in [0, 0.05) is 33.2 Å². The first-order chi connectivity index (χ1) is 25.1. The molecular weight excluding hydrogens is 633 g/mol. The third kappa shape index (κ3) is 5.89. The number of fused-ring (bicyclic) bond motifs is 5. The zero-order valence-electron chi connectivity index (χ0n) is 32.5. The van der Waals surface area contributed by atoms with Crippen LogP contribution in [0.4, 0.5) is 0 Å². The van der Waals surface area contributed by atoms with E-state index in [0.29, 0.717) is 0 Å². The summed E-state index contributed by atoms with van der Waals surface area (Å²) in [5.74, 6) is 3.78. The highest BCUT2D eigenvalue weighted by atomic mass is 16.3. The second kappa shape index (κ2) is 13.4. The van der Waals surface area contributed by atoms with Crippen molar-refractivity contribution in [3.63, 3.8) is 0 Å². The predicted molar refractivity (Wildman–Crippen MR) is 218 cm³/mol. The first-order valence-corrected chi connectivity index (χ1v) is 19.8. The van der Waals surface area contributed by atoms with Crippen molar-refractivity contribution < 1.29 is 8.83 Å². The highest BCUT2D eigenvalue weighted by Gasteiger charge is 2.50. The van der Waals surface area contributed by atoms with Crippen molar-refractivity contribution in [2.24, 2.45) is 11.3 Å². The maximum atomic E-state index is 6.74. The minimum atomic E-state index is -0.200. The molecule has 0 saturated carbocycles. The van der Waals surface area contributed by atoms with Gasteiger partial charge >= 0.3 is 0 Å². The smallest absolute Gasteiger partial charge is 0.135 e. The summed E-state index contributed by atoms with van der Waals surface area (Å²) >= 11 is 0. The molecule has 0 aliphatic heterocycles. The van der Waals surface area contributed by atoms with Gasteiger partial charge < -0.3 is 8.83 Å². The first kappa shape index (κ1) is 34.5.